The minimum Gasteiger partial charge on any atom is -0.306 e. The molecule has 1 aliphatic rings. The Kier molecular flexibility index (Phi) is 5.29. The first-order chi connectivity index (χ1) is 15.9. The number of H-pyrrole nitrogens is 2. The third kappa shape index (κ3) is 4.29. The Labute approximate surface area is 186 Å². The highest BCUT2D eigenvalue weighted by atomic mass is 19.4. The molecule has 10 heteroatoms. The molecule has 4 heterocycles. The summed E-state index contributed by atoms with van der Waals surface area (Å²) in [5.41, 5.74) is 3.38. The van der Waals surface area contributed by atoms with Crippen LogP contribution in [0.1, 0.15) is 22.4 Å². The number of rotatable bonds is 4. The summed E-state index contributed by atoms with van der Waals surface area (Å²) in [5, 5.41) is 6.96. The summed E-state index contributed by atoms with van der Waals surface area (Å²) in [6.07, 6.45) is 1.21. The van der Waals surface area contributed by atoms with E-state index in [1.54, 1.807) is 24.7 Å². The Morgan fingerprint density at radius 3 is 2.61 bits per heavy atom. The summed E-state index contributed by atoms with van der Waals surface area (Å²) in [4.78, 5) is 26.4. The van der Waals surface area contributed by atoms with Crippen molar-refractivity contribution in [2.45, 2.75) is 25.7 Å². The Hall–Kier alpha value is -3.79. The molecule has 0 bridgehead atoms. The molecule has 0 fully saturated rings. The summed E-state index contributed by atoms with van der Waals surface area (Å²) >= 11 is 0. The van der Waals surface area contributed by atoms with E-state index in [0.29, 0.717) is 48.7 Å². The van der Waals surface area contributed by atoms with Crippen LogP contribution in [0.3, 0.4) is 0 Å². The Morgan fingerprint density at radius 1 is 1.06 bits per heavy atom. The molecule has 0 unspecified atom stereocenters. The first kappa shape index (κ1) is 21.1. The highest BCUT2D eigenvalue weighted by Crippen LogP contribution is 2.31. The third-order valence-electron chi connectivity index (χ3n) is 5.70. The number of aromatic nitrogens is 5. The molecule has 5 rings (SSSR count). The number of alkyl halides is 3. The van der Waals surface area contributed by atoms with Gasteiger partial charge in [-0.25, -0.2) is 4.98 Å². The predicted octanol–water partition coefficient (Wildman–Crippen LogP) is 3.80. The lowest BCUT2D eigenvalue weighted by molar-refractivity contribution is -0.137. The minimum absolute atomic E-state index is 0.182. The molecule has 1 aliphatic heterocycles. The van der Waals surface area contributed by atoms with Crippen LogP contribution in [0.5, 0.6) is 0 Å². The number of hydrogen-bond acceptors (Lipinski definition) is 5. The zero-order valence-electron chi connectivity index (χ0n) is 17.4. The van der Waals surface area contributed by atoms with Gasteiger partial charge in [0.1, 0.15) is 5.82 Å². The zero-order chi connectivity index (χ0) is 23.0. The van der Waals surface area contributed by atoms with E-state index in [4.69, 9.17) is 0 Å². The van der Waals surface area contributed by atoms with E-state index in [2.05, 4.69) is 30.0 Å². The Morgan fingerprint density at radius 2 is 1.88 bits per heavy atom. The van der Waals surface area contributed by atoms with Crippen LogP contribution in [0.15, 0.2) is 59.8 Å². The number of aromatic amines is 2. The summed E-state index contributed by atoms with van der Waals surface area (Å²) in [6, 6.07) is 8.61. The molecular weight excluding hydrogens is 433 g/mol. The summed E-state index contributed by atoms with van der Waals surface area (Å²) in [7, 11) is 0. The first-order valence-electron chi connectivity index (χ1n) is 10.3. The van der Waals surface area contributed by atoms with Crippen LogP contribution in [0, 0.1) is 0 Å². The third-order valence-corrected chi connectivity index (χ3v) is 5.70. The van der Waals surface area contributed by atoms with Crippen molar-refractivity contribution in [3.63, 3.8) is 0 Å². The molecule has 7 nitrogen and oxygen atoms in total. The van der Waals surface area contributed by atoms with E-state index in [1.807, 2.05) is 6.07 Å². The number of benzene rings is 1. The van der Waals surface area contributed by atoms with Crippen LogP contribution in [-0.2, 0) is 25.7 Å². The van der Waals surface area contributed by atoms with Gasteiger partial charge in [-0.2, -0.15) is 18.3 Å². The largest absolute Gasteiger partial charge is 0.416 e. The van der Waals surface area contributed by atoms with E-state index in [-0.39, 0.29) is 5.56 Å². The number of hydrogen-bond donors (Lipinski definition) is 2. The lowest BCUT2D eigenvalue weighted by Crippen LogP contribution is -2.35. The van der Waals surface area contributed by atoms with Crippen molar-refractivity contribution in [2.75, 3.05) is 6.54 Å². The molecular formula is C23H19F3N6O. The first-order valence-corrected chi connectivity index (χ1v) is 10.3. The Balaban J connectivity index is 1.35. The van der Waals surface area contributed by atoms with Crippen LogP contribution < -0.4 is 5.56 Å². The van der Waals surface area contributed by atoms with Crippen LogP contribution in [0.2, 0.25) is 0 Å². The van der Waals surface area contributed by atoms with Crippen LogP contribution in [-0.4, -0.2) is 36.6 Å². The van der Waals surface area contributed by atoms with Gasteiger partial charge in [0, 0.05) is 49.6 Å². The van der Waals surface area contributed by atoms with E-state index in [0.717, 1.165) is 29.0 Å². The van der Waals surface area contributed by atoms with Gasteiger partial charge in [0.25, 0.3) is 5.56 Å². The van der Waals surface area contributed by atoms with E-state index in [9.17, 15) is 18.0 Å². The maximum Gasteiger partial charge on any atom is 0.416 e. The van der Waals surface area contributed by atoms with Gasteiger partial charge in [0.05, 0.1) is 28.7 Å². The molecule has 0 atom stereocenters. The average Bonchev–Trinajstić information content (AvgIpc) is 3.27. The summed E-state index contributed by atoms with van der Waals surface area (Å²) < 4.78 is 38.6. The van der Waals surface area contributed by atoms with Gasteiger partial charge in [0.15, 0.2) is 0 Å². The molecule has 33 heavy (non-hydrogen) atoms. The number of fused-ring (bicyclic) bond motifs is 1. The lowest BCUT2D eigenvalue weighted by atomic mass is 10.0. The van der Waals surface area contributed by atoms with Gasteiger partial charge in [-0.1, -0.05) is 12.1 Å². The molecule has 4 aromatic rings. The topological polar surface area (TPSA) is 90.6 Å². The quantitative estimate of drug-likeness (QED) is 0.492. The highest BCUT2D eigenvalue weighted by Gasteiger charge is 2.30. The fraction of sp³-hybridized carbons (Fsp3) is 0.217. The standard InChI is InChI=1S/C23H19F3N6O/c24-23(25,26)17-5-3-14(4-6-17)20-16(11-28-31-20)12-32-9-7-19-18(13-32)22(33)30-21(29-19)15-2-1-8-27-10-15/h1-6,8,10-11H,7,9,12-13H2,(H,28,31)(H,29,30,33). The molecule has 0 aliphatic carbocycles. The summed E-state index contributed by atoms with van der Waals surface area (Å²) in [5.74, 6) is 0.500. The monoisotopic (exact) mass is 452 g/mol. The summed E-state index contributed by atoms with van der Waals surface area (Å²) in [6.45, 7) is 1.60. The highest BCUT2D eigenvalue weighted by molar-refractivity contribution is 5.63. The smallest absolute Gasteiger partial charge is 0.306 e. The van der Waals surface area contributed by atoms with Crippen LogP contribution in [0.4, 0.5) is 13.2 Å². The second-order valence-corrected chi connectivity index (χ2v) is 7.89. The molecule has 1 aromatic carbocycles. The SMILES string of the molecule is O=c1[nH]c(-c2cccnc2)nc2c1CN(Cc1cn[nH]c1-c1ccc(C(F)(F)F)cc1)CC2. The van der Waals surface area contributed by atoms with E-state index in [1.165, 1.54) is 12.1 Å². The van der Waals surface area contributed by atoms with Crippen molar-refractivity contribution in [3.8, 4) is 22.6 Å². The van der Waals surface area contributed by atoms with Crippen LogP contribution in [0.25, 0.3) is 22.6 Å². The molecule has 168 valence electrons. The Bertz CT molecular complexity index is 1330. The van der Waals surface area contributed by atoms with Crippen molar-refractivity contribution >= 4 is 0 Å². The predicted molar refractivity (Wildman–Crippen MR) is 115 cm³/mol. The normalized spacial score (nSPS) is 14.3. The molecule has 0 radical (unpaired) electrons. The second-order valence-electron chi connectivity index (χ2n) is 7.89. The van der Waals surface area contributed by atoms with Gasteiger partial charge in [-0.3, -0.25) is 19.8 Å². The average molecular weight is 452 g/mol. The fourth-order valence-electron chi connectivity index (χ4n) is 4.00. The number of nitrogens with zero attached hydrogens (tertiary/aromatic N) is 4. The van der Waals surface area contributed by atoms with Crippen molar-refractivity contribution in [3.05, 3.63) is 87.7 Å². The molecule has 0 spiro atoms. The minimum atomic E-state index is -4.38. The maximum absolute atomic E-state index is 12.9. The van der Waals surface area contributed by atoms with Crippen molar-refractivity contribution in [1.82, 2.24) is 30.0 Å². The van der Waals surface area contributed by atoms with Crippen molar-refractivity contribution in [2.24, 2.45) is 0 Å². The van der Waals surface area contributed by atoms with Crippen LogP contribution >= 0.6 is 0 Å². The molecule has 0 saturated carbocycles. The molecule has 0 saturated heterocycles. The molecule has 3 aromatic heterocycles. The lowest BCUT2D eigenvalue weighted by Gasteiger charge is -2.27. The molecule has 0 amide bonds. The van der Waals surface area contributed by atoms with Gasteiger partial charge in [0.2, 0.25) is 0 Å². The second kappa shape index (κ2) is 8.28. The molecule has 2 N–H and O–H groups in total. The number of halogens is 3. The number of pyridine rings is 1. The van der Waals surface area contributed by atoms with E-state index >= 15 is 0 Å². The maximum atomic E-state index is 12.9. The van der Waals surface area contributed by atoms with Gasteiger partial charge < -0.3 is 4.98 Å². The number of nitrogens with one attached hydrogen (secondary N) is 2. The van der Waals surface area contributed by atoms with Crippen molar-refractivity contribution < 1.29 is 13.2 Å². The fourth-order valence-corrected chi connectivity index (χ4v) is 4.00. The van der Waals surface area contributed by atoms with Gasteiger partial charge in [-0.05, 0) is 29.8 Å². The van der Waals surface area contributed by atoms with Gasteiger partial charge >= 0.3 is 6.18 Å². The van der Waals surface area contributed by atoms with Crippen molar-refractivity contribution in [1.29, 1.82) is 0 Å². The van der Waals surface area contributed by atoms with E-state index < -0.39 is 11.7 Å². The van der Waals surface area contributed by atoms with Gasteiger partial charge in [-0.15, -0.1) is 0 Å². The zero-order valence-corrected chi connectivity index (χ0v) is 17.4.